The van der Waals surface area contributed by atoms with Gasteiger partial charge in [-0.05, 0) is 42.3 Å². The monoisotopic (exact) mass is 458 g/mol. The number of hydrogen-bond donors (Lipinski definition) is 2. The second-order valence-corrected chi connectivity index (χ2v) is 7.71. The van der Waals surface area contributed by atoms with Crippen LogP contribution in [-0.4, -0.2) is 25.2 Å². The third kappa shape index (κ3) is 5.95. The Morgan fingerprint density at radius 2 is 1.47 bits per heavy atom. The van der Waals surface area contributed by atoms with Crippen LogP contribution in [0.2, 0.25) is 0 Å². The maximum absolute atomic E-state index is 12.9. The molecule has 0 saturated heterocycles. The summed E-state index contributed by atoms with van der Waals surface area (Å²) in [6.45, 7) is 2.43. The van der Waals surface area contributed by atoms with Crippen LogP contribution in [0.15, 0.2) is 96.2 Å². The van der Waals surface area contributed by atoms with E-state index in [4.69, 9.17) is 14.2 Å². The van der Waals surface area contributed by atoms with Crippen LogP contribution in [0.3, 0.4) is 0 Å². The van der Waals surface area contributed by atoms with E-state index in [1.54, 1.807) is 6.92 Å². The Balaban J connectivity index is 1.39. The molecule has 0 unspecified atom stereocenters. The SMILES string of the molecule is CC1=C(C(=O)OCCOc2ccccc2)[C@@H](c2ccc(OCc3ccccc3)cc2)NC(=O)N1. The molecule has 0 aromatic heterocycles. The minimum atomic E-state index is -0.639. The number of benzene rings is 3. The van der Waals surface area contributed by atoms with Crippen LogP contribution in [0.1, 0.15) is 24.1 Å². The van der Waals surface area contributed by atoms with Gasteiger partial charge in [-0.2, -0.15) is 0 Å². The van der Waals surface area contributed by atoms with Gasteiger partial charge in [-0.15, -0.1) is 0 Å². The maximum atomic E-state index is 12.9. The lowest BCUT2D eigenvalue weighted by molar-refractivity contribution is -0.140. The summed E-state index contributed by atoms with van der Waals surface area (Å²) in [5, 5.41) is 5.46. The van der Waals surface area contributed by atoms with Gasteiger partial charge < -0.3 is 24.8 Å². The van der Waals surface area contributed by atoms with E-state index in [2.05, 4.69) is 10.6 Å². The smallest absolute Gasteiger partial charge is 0.338 e. The van der Waals surface area contributed by atoms with Crippen molar-refractivity contribution >= 4 is 12.0 Å². The van der Waals surface area contributed by atoms with Crippen LogP contribution in [0, 0.1) is 0 Å². The Morgan fingerprint density at radius 3 is 2.18 bits per heavy atom. The standard InChI is InChI=1S/C27H26N2O5/c1-19-24(26(30)33-17-16-32-22-10-6-3-7-11-22)25(29-27(31)28-19)21-12-14-23(15-13-21)34-18-20-8-4-2-5-9-20/h2-15,25H,16-18H2,1H3,(H2,28,29,31)/t25-/m1/s1. The zero-order valence-corrected chi connectivity index (χ0v) is 18.8. The van der Waals surface area contributed by atoms with E-state index in [1.807, 2.05) is 84.9 Å². The van der Waals surface area contributed by atoms with E-state index in [1.165, 1.54) is 0 Å². The second-order valence-electron chi connectivity index (χ2n) is 7.71. The average molecular weight is 459 g/mol. The molecule has 1 atom stereocenters. The molecule has 34 heavy (non-hydrogen) atoms. The number of para-hydroxylation sites is 1. The van der Waals surface area contributed by atoms with Crippen LogP contribution >= 0.6 is 0 Å². The van der Waals surface area contributed by atoms with Crippen molar-refractivity contribution in [1.29, 1.82) is 0 Å². The number of urea groups is 1. The summed E-state index contributed by atoms with van der Waals surface area (Å²) in [7, 11) is 0. The minimum Gasteiger partial charge on any atom is -0.490 e. The summed E-state index contributed by atoms with van der Waals surface area (Å²) in [6, 6.07) is 25.5. The molecule has 3 aromatic rings. The Hall–Kier alpha value is -4.26. The van der Waals surface area contributed by atoms with Crippen LogP contribution in [0.25, 0.3) is 0 Å². The lowest BCUT2D eigenvalue weighted by atomic mass is 9.95. The number of rotatable bonds is 9. The summed E-state index contributed by atoms with van der Waals surface area (Å²) in [5.74, 6) is 0.875. The molecule has 0 saturated carbocycles. The van der Waals surface area contributed by atoms with E-state index in [9.17, 15) is 9.59 Å². The van der Waals surface area contributed by atoms with Crippen molar-refractivity contribution in [3.05, 3.63) is 107 Å². The zero-order chi connectivity index (χ0) is 23.8. The minimum absolute atomic E-state index is 0.0808. The second kappa shape index (κ2) is 11.0. The normalized spacial score (nSPS) is 15.2. The van der Waals surface area contributed by atoms with Crippen LogP contribution in [0.5, 0.6) is 11.5 Å². The highest BCUT2D eigenvalue weighted by atomic mass is 16.6. The molecular formula is C27H26N2O5. The third-order valence-electron chi connectivity index (χ3n) is 5.28. The van der Waals surface area contributed by atoms with Crippen molar-refractivity contribution in [2.75, 3.05) is 13.2 Å². The van der Waals surface area contributed by atoms with Crippen molar-refractivity contribution in [2.24, 2.45) is 0 Å². The predicted molar refractivity (Wildman–Crippen MR) is 127 cm³/mol. The highest BCUT2D eigenvalue weighted by molar-refractivity contribution is 5.95. The number of nitrogens with one attached hydrogen (secondary N) is 2. The van der Waals surface area contributed by atoms with Crippen molar-refractivity contribution in [3.8, 4) is 11.5 Å². The molecule has 1 heterocycles. The summed E-state index contributed by atoms with van der Waals surface area (Å²) < 4.78 is 16.8. The first-order valence-electron chi connectivity index (χ1n) is 11.0. The fourth-order valence-electron chi connectivity index (χ4n) is 3.60. The fourth-order valence-corrected chi connectivity index (χ4v) is 3.60. The Labute approximate surface area is 198 Å². The van der Waals surface area contributed by atoms with Gasteiger partial charge >= 0.3 is 12.0 Å². The number of esters is 1. The summed E-state index contributed by atoms with van der Waals surface area (Å²) in [5.41, 5.74) is 2.61. The first-order valence-corrected chi connectivity index (χ1v) is 11.0. The molecule has 0 aliphatic carbocycles. The van der Waals surface area contributed by atoms with Gasteiger partial charge in [0.05, 0.1) is 11.6 Å². The van der Waals surface area contributed by atoms with E-state index < -0.39 is 12.0 Å². The van der Waals surface area contributed by atoms with Crippen molar-refractivity contribution in [1.82, 2.24) is 10.6 Å². The number of hydrogen-bond acceptors (Lipinski definition) is 5. The van der Waals surface area contributed by atoms with Crippen molar-refractivity contribution < 1.29 is 23.8 Å². The van der Waals surface area contributed by atoms with Gasteiger partial charge in [0.15, 0.2) is 0 Å². The quantitative estimate of drug-likeness (QED) is 0.364. The fraction of sp³-hybridized carbons (Fsp3) is 0.185. The van der Waals surface area contributed by atoms with Gasteiger partial charge in [0, 0.05) is 5.70 Å². The van der Waals surface area contributed by atoms with E-state index in [-0.39, 0.29) is 19.2 Å². The molecule has 1 aliphatic heterocycles. The molecule has 174 valence electrons. The van der Waals surface area contributed by atoms with Crippen molar-refractivity contribution in [2.45, 2.75) is 19.6 Å². The molecule has 0 fully saturated rings. The molecule has 0 spiro atoms. The van der Waals surface area contributed by atoms with Crippen LogP contribution < -0.4 is 20.1 Å². The molecule has 0 bridgehead atoms. The highest BCUT2D eigenvalue weighted by Gasteiger charge is 2.32. The van der Waals surface area contributed by atoms with Gasteiger partial charge in [0.2, 0.25) is 0 Å². The van der Waals surface area contributed by atoms with E-state index >= 15 is 0 Å². The van der Waals surface area contributed by atoms with Gasteiger partial charge in [0.25, 0.3) is 0 Å². The lowest BCUT2D eigenvalue weighted by Gasteiger charge is -2.28. The maximum Gasteiger partial charge on any atom is 0.338 e. The number of carbonyl (C=O) groups is 2. The highest BCUT2D eigenvalue weighted by Crippen LogP contribution is 2.29. The zero-order valence-electron chi connectivity index (χ0n) is 18.8. The van der Waals surface area contributed by atoms with Gasteiger partial charge in [-0.25, -0.2) is 9.59 Å². The lowest BCUT2D eigenvalue weighted by Crippen LogP contribution is -2.45. The molecule has 7 heteroatoms. The molecule has 0 radical (unpaired) electrons. The van der Waals surface area contributed by atoms with Gasteiger partial charge in [-0.1, -0.05) is 60.7 Å². The topological polar surface area (TPSA) is 85.9 Å². The third-order valence-corrected chi connectivity index (χ3v) is 5.28. The molecule has 2 amide bonds. The number of allylic oxidation sites excluding steroid dienone is 1. The Kier molecular flexibility index (Phi) is 7.45. The molecular weight excluding hydrogens is 432 g/mol. The number of ether oxygens (including phenoxy) is 3. The molecule has 3 aromatic carbocycles. The summed E-state index contributed by atoms with van der Waals surface area (Å²) >= 11 is 0. The van der Waals surface area contributed by atoms with Crippen molar-refractivity contribution in [3.63, 3.8) is 0 Å². The van der Waals surface area contributed by atoms with E-state index in [0.29, 0.717) is 29.4 Å². The van der Waals surface area contributed by atoms with Gasteiger partial charge in [-0.3, -0.25) is 0 Å². The van der Waals surface area contributed by atoms with E-state index in [0.717, 1.165) is 11.1 Å². The van der Waals surface area contributed by atoms with Gasteiger partial charge in [0.1, 0.15) is 31.3 Å². The molecule has 4 rings (SSSR count). The first-order chi connectivity index (χ1) is 16.6. The summed E-state index contributed by atoms with van der Waals surface area (Å²) in [6.07, 6.45) is 0. The molecule has 7 nitrogen and oxygen atoms in total. The number of carbonyl (C=O) groups excluding carboxylic acids is 2. The molecule has 2 N–H and O–H groups in total. The Morgan fingerprint density at radius 1 is 0.824 bits per heavy atom. The summed E-state index contributed by atoms with van der Waals surface area (Å²) in [4.78, 5) is 25.0. The largest absolute Gasteiger partial charge is 0.490 e. The molecule has 1 aliphatic rings. The Bertz CT molecular complexity index is 1140. The van der Waals surface area contributed by atoms with Crippen LogP contribution in [-0.2, 0) is 16.1 Å². The first kappa shape index (κ1) is 22.9. The number of amides is 2. The predicted octanol–water partition coefficient (Wildman–Crippen LogP) is 4.52. The average Bonchev–Trinajstić information content (AvgIpc) is 2.86. The van der Waals surface area contributed by atoms with Crippen LogP contribution in [0.4, 0.5) is 4.79 Å².